The molecule has 0 radical (unpaired) electrons. The molecule has 0 aliphatic heterocycles. The fourth-order valence-electron chi connectivity index (χ4n) is 21.5. The van der Waals surface area contributed by atoms with E-state index in [0.29, 0.717) is 6.54 Å². The number of anilines is 17. The van der Waals surface area contributed by atoms with Crippen molar-refractivity contribution in [3.05, 3.63) is 486 Å². The zero-order valence-electron chi connectivity index (χ0n) is 75.3. The summed E-state index contributed by atoms with van der Waals surface area (Å²) in [5, 5.41) is 4.78. The average molecular weight is 1680 g/mol. The molecule has 19 aromatic carbocycles. The lowest BCUT2D eigenvalue weighted by atomic mass is 9.79. The molecule has 0 aromatic heterocycles. The SMILES string of the molecule is Cc1cc(CN(c2ccccc2)c2cc(C)c3c(c2)C(C)(C)c2cc4c(cc2-3)C(C)(C)c2cc(N(c3ccccc3)c3cccc(C)c3)cc(C)c2-4)cc(-c2ccc(N(c3ccc(N(c4ccccc4)c4cccc5ccccc45)cc3)c3ccc4c(c3)C(C)(C)c3cc(N(c5ccccc5)c5ccc(N(c6ccccc6)c6cccc7ccccc67)cc5)ccc3-4)cc2)c1. The third kappa shape index (κ3) is 14.0. The first-order valence-electron chi connectivity index (χ1n) is 45.6. The number of nitrogens with zero attached hydrogens (tertiary/aromatic N) is 6. The summed E-state index contributed by atoms with van der Waals surface area (Å²) in [5.74, 6) is 0. The summed E-state index contributed by atoms with van der Waals surface area (Å²) in [5.41, 5.74) is 42.5. The van der Waals surface area contributed by atoms with Gasteiger partial charge in [0.2, 0.25) is 0 Å². The van der Waals surface area contributed by atoms with Crippen molar-refractivity contribution in [2.24, 2.45) is 0 Å². The van der Waals surface area contributed by atoms with Crippen LogP contribution in [0.25, 0.3) is 66.1 Å². The molecule has 0 bridgehead atoms. The Balaban J connectivity index is 0.597. The van der Waals surface area contributed by atoms with E-state index in [2.05, 4.69) is 523 Å². The maximum atomic E-state index is 2.58. The fourth-order valence-corrected chi connectivity index (χ4v) is 21.5. The molecule has 0 amide bonds. The first-order valence-corrected chi connectivity index (χ1v) is 45.6. The zero-order valence-corrected chi connectivity index (χ0v) is 75.3. The minimum absolute atomic E-state index is 0.254. The molecule has 0 atom stereocenters. The fraction of sp³-hybridized carbons (Fsp3) is 0.113. The maximum absolute atomic E-state index is 2.58. The lowest BCUT2D eigenvalue weighted by Crippen LogP contribution is -2.19. The van der Waals surface area contributed by atoms with Crippen LogP contribution in [-0.4, -0.2) is 0 Å². The smallest absolute Gasteiger partial charge is 0.0540 e. The Kier molecular flexibility index (Phi) is 19.8. The molecule has 0 fully saturated rings. The second kappa shape index (κ2) is 32.1. The predicted molar refractivity (Wildman–Crippen MR) is 551 cm³/mol. The van der Waals surface area contributed by atoms with E-state index in [9.17, 15) is 0 Å². The Labute approximate surface area is 764 Å². The van der Waals surface area contributed by atoms with E-state index < -0.39 is 0 Å². The van der Waals surface area contributed by atoms with E-state index >= 15 is 0 Å². The van der Waals surface area contributed by atoms with Crippen LogP contribution in [0.1, 0.15) is 103 Å². The number of fused-ring (bicyclic) bond motifs is 11. The van der Waals surface area contributed by atoms with Crippen molar-refractivity contribution in [2.45, 2.75) is 92.0 Å². The third-order valence-corrected chi connectivity index (χ3v) is 27.8. The van der Waals surface area contributed by atoms with Crippen LogP contribution in [0.3, 0.4) is 0 Å². The molecule has 130 heavy (non-hydrogen) atoms. The van der Waals surface area contributed by atoms with Gasteiger partial charge in [-0.2, -0.15) is 0 Å². The van der Waals surface area contributed by atoms with E-state index in [1.54, 1.807) is 0 Å². The van der Waals surface area contributed by atoms with Gasteiger partial charge in [0.25, 0.3) is 0 Å². The van der Waals surface area contributed by atoms with Crippen LogP contribution in [0.15, 0.2) is 425 Å². The molecule has 3 aliphatic rings. The molecular formula is C124H102N6. The molecule has 0 saturated carbocycles. The van der Waals surface area contributed by atoms with Crippen LogP contribution in [0.2, 0.25) is 0 Å². The summed E-state index contributed by atoms with van der Waals surface area (Å²) in [6.45, 7) is 24.4. The van der Waals surface area contributed by atoms with E-state index in [1.807, 2.05) is 0 Å². The van der Waals surface area contributed by atoms with Gasteiger partial charge in [-0.3, -0.25) is 0 Å². The molecule has 0 saturated heterocycles. The van der Waals surface area contributed by atoms with Crippen molar-refractivity contribution in [1.29, 1.82) is 0 Å². The highest BCUT2D eigenvalue weighted by Gasteiger charge is 2.44. The lowest BCUT2D eigenvalue weighted by Gasteiger charge is -2.30. The minimum Gasteiger partial charge on any atom is -0.337 e. The third-order valence-electron chi connectivity index (χ3n) is 27.8. The molecule has 3 aliphatic carbocycles. The molecule has 6 nitrogen and oxygen atoms in total. The van der Waals surface area contributed by atoms with Crippen molar-refractivity contribution in [3.63, 3.8) is 0 Å². The maximum Gasteiger partial charge on any atom is 0.0540 e. The number of para-hydroxylation sites is 5. The second-order valence-electron chi connectivity index (χ2n) is 37.2. The molecule has 6 heteroatoms. The van der Waals surface area contributed by atoms with Gasteiger partial charge in [-0.15, -0.1) is 0 Å². The summed E-state index contributed by atoms with van der Waals surface area (Å²) >= 11 is 0. The summed E-state index contributed by atoms with van der Waals surface area (Å²) in [6, 6.07) is 158. The van der Waals surface area contributed by atoms with Crippen LogP contribution < -0.4 is 29.4 Å². The van der Waals surface area contributed by atoms with Gasteiger partial charge in [0.1, 0.15) is 0 Å². The summed E-state index contributed by atoms with van der Waals surface area (Å²) in [4.78, 5) is 14.6. The normalized spacial score (nSPS) is 13.2. The van der Waals surface area contributed by atoms with Crippen LogP contribution in [0.5, 0.6) is 0 Å². The number of benzene rings is 19. The standard InChI is InChI=1S/C124H102N6/c1-82-33-30-48-101(71-82)128(93-42-20-13-21-43-93)105-73-85(4)121-111-80-114-110(79-115(111)124(9,10)117(121)78-105)120-84(3)72-104(77-116(120)123(114,7)8)125(91-38-16-11-17-39-91)81-86-69-83(2)70-90(74-86)87-53-55-96(56-54-87)127(98-59-63-100(64-60-98)130(95-46-24-15-25-47-95)119-52-32-37-89-35-27-29-50-107(89)119)103-66-68-109-108-67-65-102(75-112(108)122(5,6)113(109)76-103)126(92-40-18-12-19-41-92)97-57-61-99(62-58-97)129(94-44-22-14-23-45-94)118-51-31-36-88-34-26-28-49-106(88)118/h11-80H,81H2,1-10H3. The predicted octanol–water partition coefficient (Wildman–Crippen LogP) is 34.5. The lowest BCUT2D eigenvalue weighted by molar-refractivity contribution is 0.651. The average Bonchev–Trinajstić information content (AvgIpc) is 1.55. The van der Waals surface area contributed by atoms with Crippen LogP contribution >= 0.6 is 0 Å². The summed E-state index contributed by atoms with van der Waals surface area (Å²) in [6.07, 6.45) is 0. The van der Waals surface area contributed by atoms with Gasteiger partial charge in [0, 0.05) is 119 Å². The van der Waals surface area contributed by atoms with Gasteiger partial charge in [-0.25, -0.2) is 0 Å². The molecule has 628 valence electrons. The Morgan fingerprint density at radius 2 is 0.523 bits per heavy atom. The molecule has 22 rings (SSSR count). The van der Waals surface area contributed by atoms with E-state index in [1.165, 1.54) is 133 Å². The first kappa shape index (κ1) is 80.3. The monoisotopic (exact) mass is 1670 g/mol. The second-order valence-corrected chi connectivity index (χ2v) is 37.2. The van der Waals surface area contributed by atoms with Crippen LogP contribution in [0.4, 0.5) is 96.7 Å². The minimum atomic E-state index is -0.389. The molecule has 0 unspecified atom stereocenters. The van der Waals surface area contributed by atoms with Gasteiger partial charge in [0.15, 0.2) is 0 Å². The Morgan fingerprint density at radius 1 is 0.200 bits per heavy atom. The molecule has 0 heterocycles. The first-order chi connectivity index (χ1) is 63.4. The summed E-state index contributed by atoms with van der Waals surface area (Å²) < 4.78 is 0. The van der Waals surface area contributed by atoms with Gasteiger partial charge in [0.05, 0.1) is 11.4 Å². The molecular weight excluding hydrogens is 1570 g/mol. The van der Waals surface area contributed by atoms with Crippen molar-refractivity contribution < 1.29 is 0 Å². The highest BCUT2D eigenvalue weighted by Crippen LogP contribution is 2.60. The highest BCUT2D eigenvalue weighted by atomic mass is 15.2. The van der Waals surface area contributed by atoms with Gasteiger partial charge < -0.3 is 29.4 Å². The van der Waals surface area contributed by atoms with Crippen molar-refractivity contribution in [2.75, 3.05) is 29.4 Å². The number of rotatable bonds is 20. The molecule has 0 spiro atoms. The highest BCUT2D eigenvalue weighted by molar-refractivity contribution is 6.02. The molecule has 19 aromatic rings. The van der Waals surface area contributed by atoms with E-state index in [-0.39, 0.29) is 16.2 Å². The van der Waals surface area contributed by atoms with Gasteiger partial charge in [-0.1, -0.05) is 259 Å². The van der Waals surface area contributed by atoms with E-state index in [4.69, 9.17) is 0 Å². The summed E-state index contributed by atoms with van der Waals surface area (Å²) in [7, 11) is 0. The Bertz CT molecular complexity index is 7560. The quantitative estimate of drug-likeness (QED) is 0.0752. The Hall–Kier alpha value is -15.5. The number of hydrogen-bond acceptors (Lipinski definition) is 6. The van der Waals surface area contributed by atoms with E-state index in [0.717, 1.165) is 90.9 Å². The Morgan fingerprint density at radius 3 is 0.977 bits per heavy atom. The van der Waals surface area contributed by atoms with Crippen molar-refractivity contribution in [3.8, 4) is 44.5 Å². The number of aryl methyl sites for hydroxylation is 4. The van der Waals surface area contributed by atoms with Crippen LogP contribution in [0, 0.1) is 27.7 Å². The van der Waals surface area contributed by atoms with Gasteiger partial charge in [-0.05, 0) is 351 Å². The van der Waals surface area contributed by atoms with Crippen LogP contribution in [-0.2, 0) is 22.8 Å². The number of hydrogen-bond donors (Lipinski definition) is 0. The largest absolute Gasteiger partial charge is 0.337 e. The van der Waals surface area contributed by atoms with Crippen molar-refractivity contribution >= 4 is 118 Å². The molecule has 0 N–H and O–H groups in total. The van der Waals surface area contributed by atoms with Gasteiger partial charge >= 0.3 is 0 Å². The zero-order chi connectivity index (χ0) is 88.3. The van der Waals surface area contributed by atoms with Crippen molar-refractivity contribution in [1.82, 2.24) is 0 Å². The topological polar surface area (TPSA) is 19.4 Å².